The van der Waals surface area contributed by atoms with Gasteiger partial charge in [0.05, 0.1) is 0 Å². The Hall–Kier alpha value is -4.88. The highest BCUT2D eigenvalue weighted by molar-refractivity contribution is 5.97. The Bertz CT molecular complexity index is 2690. The van der Waals surface area contributed by atoms with Gasteiger partial charge in [-0.15, -0.1) is 0 Å². The molecule has 63 heavy (non-hydrogen) atoms. The second-order valence-electron chi connectivity index (χ2n) is 24.2. The number of benzene rings is 6. The van der Waals surface area contributed by atoms with Crippen molar-refractivity contribution in [2.24, 2.45) is 23.7 Å². The van der Waals surface area contributed by atoms with E-state index in [1.54, 1.807) is 11.1 Å². The highest BCUT2D eigenvalue weighted by Gasteiger charge is 2.62. The number of nitrogens with zero attached hydrogens (tertiary/aromatic N) is 1. The van der Waals surface area contributed by atoms with E-state index in [9.17, 15) is 0 Å². The average Bonchev–Trinajstić information content (AvgIpc) is 3.54. The minimum absolute atomic E-state index is 0.00753. The quantitative estimate of drug-likeness (QED) is 0.167. The normalized spacial score (nSPS) is 24.9. The molecule has 6 aromatic rings. The predicted octanol–water partition coefficient (Wildman–Crippen LogP) is 17.2. The summed E-state index contributed by atoms with van der Waals surface area (Å²) in [6, 6.07) is 50.5. The molecule has 0 heterocycles. The minimum atomic E-state index is 0.00753. The minimum Gasteiger partial charge on any atom is -0.310 e. The van der Waals surface area contributed by atoms with E-state index in [1.807, 2.05) is 0 Å². The number of hydrogen-bond acceptors (Lipinski definition) is 1. The van der Waals surface area contributed by atoms with Crippen molar-refractivity contribution in [2.75, 3.05) is 4.90 Å². The number of hydrogen-bond donors (Lipinski definition) is 0. The molecular weight excluding hydrogens is 759 g/mol. The first kappa shape index (κ1) is 40.9. The number of rotatable bonds is 5. The summed E-state index contributed by atoms with van der Waals surface area (Å²) in [5.74, 6) is 3.13. The van der Waals surface area contributed by atoms with Crippen LogP contribution in [0.2, 0.25) is 0 Å². The van der Waals surface area contributed by atoms with Crippen molar-refractivity contribution in [1.82, 2.24) is 0 Å². The standard InChI is InChI=1S/C62H69N/c1-58(2,3)44-33-43(34-45(35-44)59(4,5)6)52-36-50(38-56-57(52)51-18-14-15-19-53(51)62(56)46-29-39-28-40(31-46)32-47(62)30-39)63(48-22-20-42(21-23-48)41-16-12-11-13-17-41)49-24-25-54-55(37-49)61(9,10)27-26-60(54,7)8/h11-25,33-40,46-47H,26-32H2,1-10H3. The smallest absolute Gasteiger partial charge is 0.0471 e. The third-order valence-electron chi connectivity index (χ3n) is 17.2. The summed E-state index contributed by atoms with van der Waals surface area (Å²) in [6.07, 6.45) is 9.33. The number of fused-ring (bicyclic) bond motifs is 4. The van der Waals surface area contributed by atoms with Crippen molar-refractivity contribution in [2.45, 2.75) is 141 Å². The molecule has 0 aliphatic heterocycles. The van der Waals surface area contributed by atoms with Crippen LogP contribution in [0.1, 0.15) is 148 Å². The summed E-state index contributed by atoms with van der Waals surface area (Å²) in [6.45, 7) is 24.2. The molecule has 322 valence electrons. The van der Waals surface area contributed by atoms with E-state index in [0.717, 1.165) is 11.8 Å². The molecule has 1 nitrogen and oxygen atoms in total. The summed E-state index contributed by atoms with van der Waals surface area (Å²) in [5, 5.41) is 0. The predicted molar refractivity (Wildman–Crippen MR) is 268 cm³/mol. The van der Waals surface area contributed by atoms with Crippen molar-refractivity contribution in [1.29, 1.82) is 0 Å². The molecule has 0 N–H and O–H groups in total. The summed E-state index contributed by atoms with van der Waals surface area (Å²) >= 11 is 0. The fourth-order valence-electron chi connectivity index (χ4n) is 13.9. The lowest BCUT2D eigenvalue weighted by Gasteiger charge is -2.61. The summed E-state index contributed by atoms with van der Waals surface area (Å²) in [5.41, 5.74) is 21.3. The van der Waals surface area contributed by atoms with E-state index in [-0.39, 0.29) is 27.1 Å². The first-order valence-corrected chi connectivity index (χ1v) is 24.5. The van der Waals surface area contributed by atoms with Crippen LogP contribution in [0.25, 0.3) is 33.4 Å². The lowest BCUT2D eigenvalue weighted by Crippen LogP contribution is -2.55. The second-order valence-corrected chi connectivity index (χ2v) is 24.2. The maximum Gasteiger partial charge on any atom is 0.0471 e. The van der Waals surface area contributed by atoms with E-state index in [1.165, 1.54) is 118 Å². The Balaban J connectivity index is 1.22. The molecule has 0 aromatic heterocycles. The molecule has 4 bridgehead atoms. The van der Waals surface area contributed by atoms with Crippen LogP contribution in [-0.2, 0) is 27.1 Å². The summed E-state index contributed by atoms with van der Waals surface area (Å²) < 4.78 is 0. The van der Waals surface area contributed by atoms with Gasteiger partial charge < -0.3 is 4.90 Å². The third-order valence-corrected chi connectivity index (χ3v) is 17.2. The lowest BCUT2D eigenvalue weighted by atomic mass is 9.43. The van der Waals surface area contributed by atoms with Gasteiger partial charge in [0.1, 0.15) is 0 Å². The molecule has 6 aliphatic carbocycles. The van der Waals surface area contributed by atoms with Crippen LogP contribution in [0, 0.1) is 23.7 Å². The molecule has 0 atom stereocenters. The number of anilines is 3. The molecule has 0 unspecified atom stereocenters. The van der Waals surface area contributed by atoms with Crippen LogP contribution in [0.3, 0.4) is 0 Å². The Morgan fingerprint density at radius 3 is 1.59 bits per heavy atom. The van der Waals surface area contributed by atoms with E-state index < -0.39 is 0 Å². The molecular formula is C62H69N. The Morgan fingerprint density at radius 1 is 0.429 bits per heavy atom. The Kier molecular flexibility index (Phi) is 9.12. The average molecular weight is 828 g/mol. The van der Waals surface area contributed by atoms with Gasteiger partial charge in [-0.1, -0.05) is 160 Å². The van der Waals surface area contributed by atoms with E-state index in [0.29, 0.717) is 11.8 Å². The van der Waals surface area contributed by atoms with Gasteiger partial charge in [-0.3, -0.25) is 0 Å². The second kappa shape index (κ2) is 14.1. The summed E-state index contributed by atoms with van der Waals surface area (Å²) in [4.78, 5) is 2.64. The van der Waals surface area contributed by atoms with Crippen LogP contribution in [0.4, 0.5) is 17.1 Å². The zero-order valence-electron chi connectivity index (χ0n) is 39.8. The van der Waals surface area contributed by atoms with E-state index >= 15 is 0 Å². The van der Waals surface area contributed by atoms with Crippen molar-refractivity contribution < 1.29 is 0 Å². The topological polar surface area (TPSA) is 3.24 Å². The van der Waals surface area contributed by atoms with Gasteiger partial charge in [0, 0.05) is 22.5 Å². The molecule has 12 rings (SSSR count). The van der Waals surface area contributed by atoms with Crippen LogP contribution in [-0.4, -0.2) is 0 Å². The molecule has 1 spiro atoms. The summed E-state index contributed by atoms with van der Waals surface area (Å²) in [7, 11) is 0. The van der Waals surface area contributed by atoms with Gasteiger partial charge >= 0.3 is 0 Å². The Morgan fingerprint density at radius 2 is 0.968 bits per heavy atom. The molecule has 0 radical (unpaired) electrons. The molecule has 1 heteroatoms. The Labute approximate surface area is 379 Å². The lowest BCUT2D eigenvalue weighted by molar-refractivity contribution is -0.0399. The fraction of sp³-hybridized carbons (Fsp3) is 0.419. The molecule has 4 saturated carbocycles. The molecule has 6 aliphatic rings. The van der Waals surface area contributed by atoms with Crippen molar-refractivity contribution in [3.8, 4) is 33.4 Å². The highest BCUT2D eigenvalue weighted by Crippen LogP contribution is 2.70. The zero-order chi connectivity index (χ0) is 43.8. The highest BCUT2D eigenvalue weighted by atomic mass is 15.1. The molecule has 6 aromatic carbocycles. The van der Waals surface area contributed by atoms with Crippen LogP contribution in [0.15, 0.2) is 127 Å². The fourth-order valence-corrected chi connectivity index (χ4v) is 13.9. The maximum atomic E-state index is 2.72. The first-order valence-electron chi connectivity index (χ1n) is 24.5. The van der Waals surface area contributed by atoms with Gasteiger partial charge in [-0.25, -0.2) is 0 Å². The third kappa shape index (κ3) is 6.44. The maximum absolute atomic E-state index is 2.72. The van der Waals surface area contributed by atoms with Gasteiger partial charge in [0.15, 0.2) is 0 Å². The van der Waals surface area contributed by atoms with Gasteiger partial charge in [0.2, 0.25) is 0 Å². The largest absolute Gasteiger partial charge is 0.310 e. The first-order chi connectivity index (χ1) is 29.9. The monoisotopic (exact) mass is 828 g/mol. The van der Waals surface area contributed by atoms with Crippen LogP contribution < -0.4 is 4.90 Å². The molecule has 4 fully saturated rings. The van der Waals surface area contributed by atoms with Crippen molar-refractivity contribution in [3.63, 3.8) is 0 Å². The van der Waals surface area contributed by atoms with Crippen LogP contribution in [0.5, 0.6) is 0 Å². The van der Waals surface area contributed by atoms with Gasteiger partial charge in [0.25, 0.3) is 0 Å². The van der Waals surface area contributed by atoms with Crippen molar-refractivity contribution in [3.05, 3.63) is 161 Å². The molecule has 0 saturated heterocycles. The van der Waals surface area contributed by atoms with Gasteiger partial charge in [-0.05, 0) is 193 Å². The van der Waals surface area contributed by atoms with E-state index in [4.69, 9.17) is 0 Å². The SMILES string of the molecule is CC(C)(C)c1cc(-c2cc(N(c3ccc(-c4ccccc4)cc3)c3ccc4c(c3)C(C)(C)CCC4(C)C)cc3c2-c2ccccc2C32C3CC4CC(C3)CC2C4)cc(C(C)(C)C)c1. The zero-order valence-corrected chi connectivity index (χ0v) is 39.8. The van der Waals surface area contributed by atoms with Crippen molar-refractivity contribution >= 4 is 17.1 Å². The van der Waals surface area contributed by atoms with Crippen LogP contribution >= 0.6 is 0 Å². The molecule has 0 amide bonds. The van der Waals surface area contributed by atoms with Gasteiger partial charge in [-0.2, -0.15) is 0 Å². The van der Waals surface area contributed by atoms with E-state index in [2.05, 4.69) is 202 Å².